The van der Waals surface area contributed by atoms with Crippen molar-refractivity contribution in [2.45, 2.75) is 45.6 Å². The maximum atomic E-state index is 13.4. The van der Waals surface area contributed by atoms with Crippen LogP contribution in [0.4, 0.5) is 4.39 Å². The summed E-state index contributed by atoms with van der Waals surface area (Å²) in [5.74, 6) is -0.218. The van der Waals surface area contributed by atoms with Gasteiger partial charge in [-0.3, -0.25) is 4.90 Å². The van der Waals surface area contributed by atoms with Gasteiger partial charge in [0.2, 0.25) is 0 Å². The maximum absolute atomic E-state index is 13.4. The molecule has 2 nitrogen and oxygen atoms in total. The van der Waals surface area contributed by atoms with Crippen LogP contribution in [0.15, 0.2) is 22.7 Å². The lowest BCUT2D eigenvalue weighted by Crippen LogP contribution is -2.43. The van der Waals surface area contributed by atoms with Crippen LogP contribution in [0.5, 0.6) is 0 Å². The molecule has 0 amide bonds. The Morgan fingerprint density at radius 2 is 1.90 bits per heavy atom. The normalized spacial score (nSPS) is 20.4. The second-order valence-electron chi connectivity index (χ2n) is 6.17. The number of likely N-dealkylation sites (tertiary alicyclic amines) is 1. The molecule has 0 aromatic heterocycles. The summed E-state index contributed by atoms with van der Waals surface area (Å²) in [6.45, 7) is 7.34. The van der Waals surface area contributed by atoms with Crippen molar-refractivity contribution in [2.75, 3.05) is 19.6 Å². The van der Waals surface area contributed by atoms with Crippen molar-refractivity contribution < 1.29 is 4.39 Å². The smallest absolute Gasteiger partial charge is 0.137 e. The lowest BCUT2D eigenvalue weighted by atomic mass is 9.74. The molecule has 1 aliphatic rings. The zero-order valence-corrected chi connectivity index (χ0v) is 14.6. The lowest BCUT2D eigenvalue weighted by molar-refractivity contribution is 0.0679. The molecule has 1 fully saturated rings. The minimum Gasteiger partial charge on any atom is -0.329 e. The van der Waals surface area contributed by atoms with E-state index in [-0.39, 0.29) is 11.9 Å². The second kappa shape index (κ2) is 7.21. The molecule has 1 aliphatic heterocycles. The van der Waals surface area contributed by atoms with Gasteiger partial charge in [-0.15, -0.1) is 0 Å². The first kappa shape index (κ1) is 16.9. The van der Waals surface area contributed by atoms with Gasteiger partial charge >= 0.3 is 0 Å². The summed E-state index contributed by atoms with van der Waals surface area (Å²) in [5, 5.41) is 0. The van der Waals surface area contributed by atoms with Gasteiger partial charge in [-0.2, -0.15) is 0 Å². The highest BCUT2D eigenvalue weighted by Crippen LogP contribution is 2.40. The molecule has 1 heterocycles. The average Bonchev–Trinajstić information content (AvgIpc) is 2.52. The average molecular weight is 357 g/mol. The van der Waals surface area contributed by atoms with Gasteiger partial charge in [-0.05, 0) is 65.0 Å². The number of rotatable bonds is 5. The van der Waals surface area contributed by atoms with Crippen LogP contribution in [0, 0.1) is 11.2 Å². The van der Waals surface area contributed by atoms with E-state index < -0.39 is 0 Å². The first-order chi connectivity index (χ1) is 10.0. The Morgan fingerprint density at radius 3 is 2.38 bits per heavy atom. The monoisotopic (exact) mass is 356 g/mol. The summed E-state index contributed by atoms with van der Waals surface area (Å²) in [6, 6.07) is 5.44. The van der Waals surface area contributed by atoms with Crippen molar-refractivity contribution >= 4 is 15.9 Å². The largest absolute Gasteiger partial charge is 0.329 e. The molecule has 0 bridgehead atoms. The summed E-state index contributed by atoms with van der Waals surface area (Å²) >= 11 is 3.27. The highest BCUT2D eigenvalue weighted by Gasteiger charge is 2.33. The molecule has 2 rings (SSSR count). The fourth-order valence-electron chi connectivity index (χ4n) is 3.48. The van der Waals surface area contributed by atoms with Crippen molar-refractivity contribution in [3.8, 4) is 0 Å². The molecular formula is C17H26BrFN2. The fourth-order valence-corrected chi connectivity index (χ4v) is 3.88. The zero-order valence-electron chi connectivity index (χ0n) is 13.0. The quantitative estimate of drug-likeness (QED) is 0.841. The molecule has 1 unspecified atom stereocenters. The van der Waals surface area contributed by atoms with E-state index in [1.807, 2.05) is 12.1 Å². The summed E-state index contributed by atoms with van der Waals surface area (Å²) in [7, 11) is 0. The van der Waals surface area contributed by atoms with Crippen molar-refractivity contribution in [1.82, 2.24) is 4.90 Å². The van der Waals surface area contributed by atoms with Crippen LogP contribution in [0.25, 0.3) is 0 Å². The van der Waals surface area contributed by atoms with Crippen LogP contribution in [0.2, 0.25) is 0 Å². The number of benzene rings is 1. The van der Waals surface area contributed by atoms with Crippen LogP contribution in [-0.4, -0.2) is 24.5 Å². The van der Waals surface area contributed by atoms with E-state index in [4.69, 9.17) is 5.73 Å². The first-order valence-corrected chi connectivity index (χ1v) is 8.73. The van der Waals surface area contributed by atoms with E-state index in [1.54, 1.807) is 0 Å². The van der Waals surface area contributed by atoms with Gasteiger partial charge < -0.3 is 5.73 Å². The van der Waals surface area contributed by atoms with Crippen LogP contribution >= 0.6 is 15.9 Å². The number of nitrogens with two attached hydrogens (primary N) is 1. The molecule has 1 aromatic rings. The number of hydrogen-bond acceptors (Lipinski definition) is 2. The standard InChI is InChI=1S/C17H26BrFN2/c1-3-17(4-2)7-9-21(10-8-17)16(12-20)13-5-6-15(19)14(18)11-13/h5-6,11,16H,3-4,7-10,12,20H2,1-2H3. The van der Waals surface area contributed by atoms with Crippen LogP contribution in [-0.2, 0) is 0 Å². The third kappa shape index (κ3) is 3.66. The Labute approximate surface area is 136 Å². The Bertz CT molecular complexity index is 464. The predicted octanol–water partition coefficient (Wildman–Crippen LogP) is 4.49. The Morgan fingerprint density at radius 1 is 1.29 bits per heavy atom. The minimum atomic E-state index is -0.218. The zero-order chi connectivity index (χ0) is 15.5. The molecule has 0 radical (unpaired) electrons. The number of piperidine rings is 1. The molecule has 21 heavy (non-hydrogen) atoms. The van der Waals surface area contributed by atoms with Crippen LogP contribution in [0.1, 0.15) is 51.1 Å². The van der Waals surface area contributed by atoms with E-state index in [2.05, 4.69) is 34.7 Å². The van der Waals surface area contributed by atoms with E-state index >= 15 is 0 Å². The second-order valence-corrected chi connectivity index (χ2v) is 7.02. The Hall–Kier alpha value is -0.450. The van der Waals surface area contributed by atoms with Crippen molar-refractivity contribution in [3.63, 3.8) is 0 Å². The molecule has 1 saturated heterocycles. The van der Waals surface area contributed by atoms with E-state index in [0.29, 0.717) is 16.4 Å². The van der Waals surface area contributed by atoms with Crippen molar-refractivity contribution in [1.29, 1.82) is 0 Å². The molecule has 0 spiro atoms. The number of nitrogens with zero attached hydrogens (tertiary/aromatic N) is 1. The molecule has 0 aliphatic carbocycles. The third-order valence-corrected chi connectivity index (χ3v) is 5.96. The highest BCUT2D eigenvalue weighted by atomic mass is 79.9. The Kier molecular flexibility index (Phi) is 5.81. The predicted molar refractivity (Wildman–Crippen MR) is 89.7 cm³/mol. The third-order valence-electron chi connectivity index (χ3n) is 5.35. The van der Waals surface area contributed by atoms with Crippen LogP contribution in [0.3, 0.4) is 0 Å². The molecule has 0 saturated carbocycles. The van der Waals surface area contributed by atoms with Gasteiger partial charge in [0.15, 0.2) is 0 Å². The summed E-state index contributed by atoms with van der Waals surface area (Å²) < 4.78 is 13.9. The van der Waals surface area contributed by atoms with Gasteiger partial charge in [-0.25, -0.2) is 4.39 Å². The van der Waals surface area contributed by atoms with E-state index in [0.717, 1.165) is 18.7 Å². The lowest BCUT2D eigenvalue weighted by Gasteiger charge is -2.44. The number of halogens is 2. The van der Waals surface area contributed by atoms with Crippen LogP contribution < -0.4 is 5.73 Å². The van der Waals surface area contributed by atoms with Gasteiger partial charge in [-0.1, -0.05) is 32.8 Å². The minimum absolute atomic E-state index is 0.189. The summed E-state index contributed by atoms with van der Waals surface area (Å²) in [5.41, 5.74) is 7.62. The van der Waals surface area contributed by atoms with Crippen molar-refractivity contribution in [2.24, 2.45) is 11.1 Å². The maximum Gasteiger partial charge on any atom is 0.137 e. The molecule has 118 valence electrons. The SMILES string of the molecule is CCC1(CC)CCN(C(CN)c2ccc(F)c(Br)c2)CC1. The van der Waals surface area contributed by atoms with Crippen molar-refractivity contribution in [3.05, 3.63) is 34.1 Å². The van der Waals surface area contributed by atoms with Gasteiger partial charge in [0.1, 0.15) is 5.82 Å². The molecule has 1 atom stereocenters. The molecule has 1 aromatic carbocycles. The molecular weight excluding hydrogens is 331 g/mol. The highest BCUT2D eigenvalue weighted by molar-refractivity contribution is 9.10. The molecule has 2 N–H and O–H groups in total. The molecule has 4 heteroatoms. The van der Waals surface area contributed by atoms with E-state index in [9.17, 15) is 4.39 Å². The summed E-state index contributed by atoms with van der Waals surface area (Å²) in [6.07, 6.45) is 4.98. The van der Waals surface area contributed by atoms with E-state index in [1.165, 1.54) is 31.7 Å². The fraction of sp³-hybridized carbons (Fsp3) is 0.647. The topological polar surface area (TPSA) is 29.3 Å². The van der Waals surface area contributed by atoms with Gasteiger partial charge in [0.25, 0.3) is 0 Å². The first-order valence-electron chi connectivity index (χ1n) is 7.94. The Balaban J connectivity index is 2.11. The summed E-state index contributed by atoms with van der Waals surface area (Å²) in [4.78, 5) is 2.46. The van der Waals surface area contributed by atoms with Gasteiger partial charge in [0, 0.05) is 12.6 Å². The van der Waals surface area contributed by atoms with Gasteiger partial charge in [0.05, 0.1) is 4.47 Å². The number of hydrogen-bond donors (Lipinski definition) is 1.